The Balaban J connectivity index is 1.69. The van der Waals surface area contributed by atoms with Gasteiger partial charge in [0.1, 0.15) is 5.82 Å². The number of morpholine rings is 1. The Labute approximate surface area is 127 Å². The molecule has 21 heavy (non-hydrogen) atoms. The van der Waals surface area contributed by atoms with Crippen LogP contribution in [0.5, 0.6) is 0 Å². The Kier molecular flexibility index (Phi) is 3.46. The minimum absolute atomic E-state index is 0.130. The van der Waals surface area contributed by atoms with E-state index in [1.165, 1.54) is 0 Å². The van der Waals surface area contributed by atoms with Crippen molar-refractivity contribution in [3.05, 3.63) is 34.5 Å². The quantitative estimate of drug-likeness (QED) is 0.947. The maximum absolute atomic E-state index is 14.2. The van der Waals surface area contributed by atoms with Gasteiger partial charge in [0.25, 0.3) is 0 Å². The number of fused-ring (bicyclic) bond motifs is 3. The first kappa shape index (κ1) is 13.6. The van der Waals surface area contributed by atoms with Gasteiger partial charge in [0.15, 0.2) is 0 Å². The molecular formula is C16H19FN2OS. The number of thiophene rings is 1. The lowest BCUT2D eigenvalue weighted by Gasteiger charge is -2.32. The smallest absolute Gasteiger partial charge is 0.132 e. The molecule has 112 valence electrons. The van der Waals surface area contributed by atoms with Crippen LogP contribution in [0.3, 0.4) is 0 Å². The molecule has 2 aliphatic rings. The van der Waals surface area contributed by atoms with Crippen molar-refractivity contribution < 1.29 is 9.13 Å². The van der Waals surface area contributed by atoms with Crippen molar-refractivity contribution in [2.75, 3.05) is 13.1 Å². The van der Waals surface area contributed by atoms with Crippen LogP contribution in [-0.2, 0) is 17.8 Å². The summed E-state index contributed by atoms with van der Waals surface area (Å²) >= 11 is 1.62. The van der Waals surface area contributed by atoms with Crippen LogP contribution in [0.25, 0.3) is 10.1 Å². The van der Waals surface area contributed by atoms with Gasteiger partial charge in [0.05, 0.1) is 12.2 Å². The molecule has 0 radical (unpaired) electrons. The topological polar surface area (TPSA) is 38.5 Å². The van der Waals surface area contributed by atoms with E-state index < -0.39 is 0 Å². The zero-order valence-corrected chi connectivity index (χ0v) is 12.7. The van der Waals surface area contributed by atoms with Crippen molar-refractivity contribution >= 4 is 21.4 Å². The van der Waals surface area contributed by atoms with Crippen LogP contribution < -0.4 is 5.73 Å². The summed E-state index contributed by atoms with van der Waals surface area (Å²) in [6.45, 7) is 3.16. The second-order valence-electron chi connectivity index (χ2n) is 5.97. The van der Waals surface area contributed by atoms with E-state index in [1.807, 2.05) is 6.07 Å². The summed E-state index contributed by atoms with van der Waals surface area (Å²) in [5.41, 5.74) is 6.96. The van der Waals surface area contributed by atoms with Gasteiger partial charge in [-0.15, -0.1) is 11.3 Å². The van der Waals surface area contributed by atoms with Gasteiger partial charge >= 0.3 is 0 Å². The van der Waals surface area contributed by atoms with Crippen molar-refractivity contribution in [3.63, 3.8) is 0 Å². The lowest BCUT2D eigenvalue weighted by Crippen LogP contribution is -2.42. The third-order valence-electron chi connectivity index (χ3n) is 4.53. The predicted molar refractivity (Wildman–Crippen MR) is 82.8 cm³/mol. The molecule has 2 aromatic rings. The maximum atomic E-state index is 14.2. The van der Waals surface area contributed by atoms with E-state index in [9.17, 15) is 4.39 Å². The van der Waals surface area contributed by atoms with Gasteiger partial charge in [0.2, 0.25) is 0 Å². The first-order valence-corrected chi connectivity index (χ1v) is 8.33. The van der Waals surface area contributed by atoms with Crippen LogP contribution in [0.1, 0.15) is 23.3 Å². The molecule has 0 amide bonds. The first-order valence-electron chi connectivity index (χ1n) is 7.51. The number of hydrogen-bond acceptors (Lipinski definition) is 4. The number of ether oxygens (including phenoxy) is 1. The van der Waals surface area contributed by atoms with Crippen LogP contribution in [0.15, 0.2) is 18.2 Å². The maximum Gasteiger partial charge on any atom is 0.132 e. The van der Waals surface area contributed by atoms with E-state index in [2.05, 4.69) is 4.90 Å². The van der Waals surface area contributed by atoms with E-state index in [0.717, 1.165) is 53.0 Å². The largest absolute Gasteiger partial charge is 0.372 e. The third kappa shape index (κ3) is 2.38. The fraction of sp³-hybridized carbons (Fsp3) is 0.500. The standard InChI is InChI=1S/C16H19FN2OS/c17-13-2-1-3-14-16(13)12(15(6-18)21-14)9-19-7-10-4-5-11(8-19)20-10/h1-3,10-11H,4-9,18H2. The van der Waals surface area contributed by atoms with Crippen LogP contribution in [-0.4, -0.2) is 30.2 Å². The number of likely N-dealkylation sites (tertiary alicyclic amines) is 1. The molecule has 2 atom stereocenters. The average Bonchev–Trinajstić information content (AvgIpc) is 3.00. The zero-order chi connectivity index (χ0) is 14.4. The van der Waals surface area contributed by atoms with E-state index in [1.54, 1.807) is 23.5 Å². The van der Waals surface area contributed by atoms with Gasteiger partial charge in [-0.1, -0.05) is 6.07 Å². The van der Waals surface area contributed by atoms with E-state index in [0.29, 0.717) is 18.8 Å². The van der Waals surface area contributed by atoms with Gasteiger partial charge in [-0.25, -0.2) is 4.39 Å². The van der Waals surface area contributed by atoms with Gasteiger partial charge in [-0.3, -0.25) is 4.90 Å². The second kappa shape index (κ2) is 5.32. The molecule has 1 aromatic heterocycles. The summed E-state index contributed by atoms with van der Waals surface area (Å²) in [5.74, 6) is -0.130. The Morgan fingerprint density at radius 3 is 2.76 bits per heavy atom. The summed E-state index contributed by atoms with van der Waals surface area (Å²) in [6.07, 6.45) is 3.03. The van der Waals surface area contributed by atoms with E-state index >= 15 is 0 Å². The Morgan fingerprint density at radius 1 is 1.29 bits per heavy atom. The molecule has 4 rings (SSSR count). The minimum atomic E-state index is -0.130. The number of rotatable bonds is 3. The average molecular weight is 306 g/mol. The highest BCUT2D eigenvalue weighted by Gasteiger charge is 2.34. The van der Waals surface area contributed by atoms with Gasteiger partial charge in [0, 0.05) is 41.1 Å². The predicted octanol–water partition coefficient (Wildman–Crippen LogP) is 2.86. The first-order chi connectivity index (χ1) is 10.2. The molecule has 3 nitrogen and oxygen atoms in total. The molecule has 2 aliphatic heterocycles. The Bertz CT molecular complexity index is 660. The van der Waals surface area contributed by atoms with Crippen molar-refractivity contribution in [2.24, 2.45) is 5.73 Å². The molecule has 0 spiro atoms. The fourth-order valence-corrected chi connectivity index (χ4v) is 4.71. The van der Waals surface area contributed by atoms with Crippen molar-refractivity contribution in [2.45, 2.75) is 38.1 Å². The number of nitrogens with two attached hydrogens (primary N) is 1. The highest BCUT2D eigenvalue weighted by Crippen LogP contribution is 2.35. The van der Waals surface area contributed by atoms with Gasteiger partial charge in [-0.2, -0.15) is 0 Å². The lowest BCUT2D eigenvalue weighted by atomic mass is 10.1. The molecule has 1 aromatic carbocycles. The van der Waals surface area contributed by atoms with Crippen molar-refractivity contribution in [1.29, 1.82) is 0 Å². The van der Waals surface area contributed by atoms with Gasteiger partial charge in [-0.05, 0) is 30.5 Å². The van der Waals surface area contributed by atoms with Crippen molar-refractivity contribution in [3.8, 4) is 0 Å². The molecular weight excluding hydrogens is 287 g/mol. The molecule has 2 bridgehead atoms. The number of hydrogen-bond donors (Lipinski definition) is 1. The van der Waals surface area contributed by atoms with Crippen LogP contribution in [0, 0.1) is 5.82 Å². The zero-order valence-electron chi connectivity index (χ0n) is 11.8. The summed E-state index contributed by atoms with van der Waals surface area (Å²) in [7, 11) is 0. The highest BCUT2D eigenvalue weighted by molar-refractivity contribution is 7.19. The summed E-state index contributed by atoms with van der Waals surface area (Å²) < 4.78 is 21.1. The van der Waals surface area contributed by atoms with Gasteiger partial charge < -0.3 is 10.5 Å². The molecule has 2 saturated heterocycles. The van der Waals surface area contributed by atoms with E-state index in [-0.39, 0.29) is 5.82 Å². The summed E-state index contributed by atoms with van der Waals surface area (Å²) in [4.78, 5) is 3.51. The molecule has 2 fully saturated rings. The number of benzene rings is 1. The van der Waals surface area contributed by atoms with Crippen LogP contribution >= 0.6 is 11.3 Å². The van der Waals surface area contributed by atoms with Crippen LogP contribution in [0.2, 0.25) is 0 Å². The molecule has 3 heterocycles. The summed E-state index contributed by atoms with van der Waals surface area (Å²) in [5, 5.41) is 0.766. The Hall–Kier alpha value is -1.01. The third-order valence-corrected chi connectivity index (χ3v) is 5.75. The summed E-state index contributed by atoms with van der Waals surface area (Å²) in [6, 6.07) is 5.30. The normalized spacial score (nSPS) is 25.8. The molecule has 2 N–H and O–H groups in total. The Morgan fingerprint density at radius 2 is 2.05 bits per heavy atom. The molecule has 5 heteroatoms. The number of nitrogens with zero attached hydrogens (tertiary/aromatic N) is 1. The molecule has 0 aliphatic carbocycles. The molecule has 2 unspecified atom stereocenters. The number of halogens is 1. The van der Waals surface area contributed by atoms with E-state index in [4.69, 9.17) is 10.5 Å². The second-order valence-corrected chi connectivity index (χ2v) is 7.11. The SMILES string of the molecule is NCc1sc2cccc(F)c2c1CN1CC2CCC(C1)O2. The molecule has 0 saturated carbocycles. The minimum Gasteiger partial charge on any atom is -0.372 e. The lowest BCUT2D eigenvalue weighted by molar-refractivity contribution is -0.0409. The fourth-order valence-electron chi connectivity index (χ4n) is 3.60. The highest BCUT2D eigenvalue weighted by atomic mass is 32.1. The van der Waals surface area contributed by atoms with Crippen LogP contribution in [0.4, 0.5) is 4.39 Å². The van der Waals surface area contributed by atoms with Crippen molar-refractivity contribution in [1.82, 2.24) is 4.90 Å². The monoisotopic (exact) mass is 306 g/mol.